The zero-order valence-electron chi connectivity index (χ0n) is 12.1. The van der Waals surface area contributed by atoms with E-state index >= 15 is 0 Å². The number of nitrogens with zero attached hydrogens (tertiary/aromatic N) is 2. The van der Waals surface area contributed by atoms with Crippen molar-refractivity contribution in [1.82, 2.24) is 15.2 Å². The predicted molar refractivity (Wildman–Crippen MR) is 75.2 cm³/mol. The van der Waals surface area contributed by atoms with Crippen molar-refractivity contribution >= 4 is 12.0 Å². The second-order valence-corrected chi connectivity index (χ2v) is 5.42. The van der Waals surface area contributed by atoms with Gasteiger partial charge in [0, 0.05) is 37.9 Å². The van der Waals surface area contributed by atoms with Crippen LogP contribution in [0.25, 0.3) is 0 Å². The molecule has 110 valence electrons. The molecule has 2 N–H and O–H groups in total. The maximum atomic E-state index is 12.1. The molecule has 0 unspecified atom stereocenters. The molecule has 0 saturated carbocycles. The van der Waals surface area contributed by atoms with Crippen molar-refractivity contribution in [3.05, 3.63) is 30.1 Å². The van der Waals surface area contributed by atoms with Crippen molar-refractivity contribution in [2.45, 2.75) is 38.8 Å². The van der Waals surface area contributed by atoms with E-state index in [0.29, 0.717) is 13.0 Å². The molecule has 1 heterocycles. The number of nitrogens with one attached hydrogen (secondary N) is 1. The number of carbonyl (C=O) groups is 2. The first kappa shape index (κ1) is 15.9. The fraction of sp³-hybridized carbons (Fsp3) is 0.500. The van der Waals surface area contributed by atoms with Crippen molar-refractivity contribution < 1.29 is 14.7 Å². The van der Waals surface area contributed by atoms with Gasteiger partial charge in [-0.1, -0.05) is 0 Å². The van der Waals surface area contributed by atoms with Crippen LogP contribution in [0, 0.1) is 0 Å². The topological polar surface area (TPSA) is 82.5 Å². The van der Waals surface area contributed by atoms with E-state index in [9.17, 15) is 9.59 Å². The maximum absolute atomic E-state index is 12.1. The first-order valence-corrected chi connectivity index (χ1v) is 6.44. The van der Waals surface area contributed by atoms with E-state index in [-0.39, 0.29) is 12.5 Å². The number of rotatable bonds is 6. The van der Waals surface area contributed by atoms with Gasteiger partial charge in [-0.15, -0.1) is 0 Å². The highest BCUT2D eigenvalue weighted by Crippen LogP contribution is 2.12. The largest absolute Gasteiger partial charge is 0.481 e. The summed E-state index contributed by atoms with van der Waals surface area (Å²) in [6, 6.07) is 3.47. The maximum Gasteiger partial charge on any atom is 0.317 e. The number of carboxylic acid groups (broad SMARTS) is 1. The molecule has 0 spiro atoms. The fourth-order valence-corrected chi connectivity index (χ4v) is 1.70. The monoisotopic (exact) mass is 279 g/mol. The Morgan fingerprint density at radius 1 is 1.35 bits per heavy atom. The summed E-state index contributed by atoms with van der Waals surface area (Å²) in [6.07, 6.45) is 3.77. The summed E-state index contributed by atoms with van der Waals surface area (Å²) in [5.41, 5.74) is 0.433. The third-order valence-corrected chi connectivity index (χ3v) is 2.92. The standard InChI is InChI=1S/C14H21N3O3/c1-14(2,7-4-12(18)19)16-13(20)17(3)10-11-5-8-15-9-6-11/h5-6,8-9H,4,7,10H2,1-3H3,(H,16,20)(H,18,19). The smallest absolute Gasteiger partial charge is 0.317 e. The van der Waals surface area contributed by atoms with Gasteiger partial charge in [0.15, 0.2) is 0 Å². The number of hydrogen-bond donors (Lipinski definition) is 2. The Morgan fingerprint density at radius 2 is 1.95 bits per heavy atom. The number of carbonyl (C=O) groups excluding carboxylic acids is 1. The molecule has 0 aliphatic rings. The van der Waals surface area contributed by atoms with E-state index in [1.54, 1.807) is 24.3 Å². The van der Waals surface area contributed by atoms with E-state index < -0.39 is 11.5 Å². The van der Waals surface area contributed by atoms with Crippen LogP contribution in [0.2, 0.25) is 0 Å². The minimum absolute atomic E-state index is 0.0291. The lowest BCUT2D eigenvalue weighted by molar-refractivity contribution is -0.137. The fourth-order valence-electron chi connectivity index (χ4n) is 1.70. The predicted octanol–water partition coefficient (Wildman–Crippen LogP) is 1.87. The van der Waals surface area contributed by atoms with Gasteiger partial charge in [-0.2, -0.15) is 0 Å². The van der Waals surface area contributed by atoms with E-state index in [0.717, 1.165) is 5.56 Å². The molecule has 2 amide bonds. The second kappa shape index (κ2) is 6.88. The van der Waals surface area contributed by atoms with Crippen LogP contribution in [0.1, 0.15) is 32.3 Å². The Balaban J connectivity index is 2.50. The van der Waals surface area contributed by atoms with Gasteiger partial charge in [0.25, 0.3) is 0 Å². The third-order valence-electron chi connectivity index (χ3n) is 2.92. The van der Waals surface area contributed by atoms with Gasteiger partial charge in [0.2, 0.25) is 0 Å². The van der Waals surface area contributed by atoms with Crippen LogP contribution < -0.4 is 5.32 Å². The number of urea groups is 1. The summed E-state index contributed by atoms with van der Waals surface area (Å²) in [5.74, 6) is -0.863. The molecule has 0 bridgehead atoms. The van der Waals surface area contributed by atoms with Crippen LogP contribution in [-0.2, 0) is 11.3 Å². The van der Waals surface area contributed by atoms with Crippen LogP contribution in [0.5, 0.6) is 0 Å². The minimum atomic E-state index is -0.863. The molecule has 0 radical (unpaired) electrons. The van der Waals surface area contributed by atoms with Crippen molar-refractivity contribution in [2.75, 3.05) is 7.05 Å². The molecule has 6 nitrogen and oxygen atoms in total. The van der Waals surface area contributed by atoms with Crippen molar-refractivity contribution in [2.24, 2.45) is 0 Å². The van der Waals surface area contributed by atoms with Crippen LogP contribution >= 0.6 is 0 Å². The number of hydrogen-bond acceptors (Lipinski definition) is 3. The van der Waals surface area contributed by atoms with Gasteiger partial charge < -0.3 is 15.3 Å². The van der Waals surface area contributed by atoms with Crippen LogP contribution in [0.15, 0.2) is 24.5 Å². The highest BCUT2D eigenvalue weighted by molar-refractivity contribution is 5.75. The van der Waals surface area contributed by atoms with Crippen molar-refractivity contribution in [3.63, 3.8) is 0 Å². The molecule has 1 aromatic rings. The zero-order valence-corrected chi connectivity index (χ0v) is 12.1. The lowest BCUT2D eigenvalue weighted by Crippen LogP contribution is -2.48. The van der Waals surface area contributed by atoms with Crippen molar-refractivity contribution in [1.29, 1.82) is 0 Å². The third kappa shape index (κ3) is 5.69. The first-order valence-electron chi connectivity index (χ1n) is 6.44. The van der Waals surface area contributed by atoms with Gasteiger partial charge in [-0.3, -0.25) is 9.78 Å². The average Bonchev–Trinajstić information content (AvgIpc) is 2.37. The molecule has 1 aromatic heterocycles. The molecule has 0 atom stereocenters. The molecule has 1 rings (SSSR count). The normalized spacial score (nSPS) is 10.9. The van der Waals surface area contributed by atoms with Crippen LogP contribution in [0.4, 0.5) is 4.79 Å². The summed E-state index contributed by atoms with van der Waals surface area (Å²) in [7, 11) is 1.70. The number of carboxylic acids is 1. The Labute approximate surface area is 118 Å². The molecule has 0 aromatic carbocycles. The number of amides is 2. The minimum Gasteiger partial charge on any atom is -0.481 e. The molecule has 0 aliphatic carbocycles. The summed E-state index contributed by atoms with van der Waals surface area (Å²) < 4.78 is 0. The quantitative estimate of drug-likeness (QED) is 0.832. The average molecular weight is 279 g/mol. The molecule has 6 heteroatoms. The van der Waals surface area contributed by atoms with E-state index in [1.165, 1.54) is 0 Å². The van der Waals surface area contributed by atoms with Crippen LogP contribution in [-0.4, -0.2) is 39.6 Å². The van der Waals surface area contributed by atoms with Gasteiger partial charge in [0.05, 0.1) is 0 Å². The second-order valence-electron chi connectivity index (χ2n) is 5.42. The van der Waals surface area contributed by atoms with Crippen LogP contribution in [0.3, 0.4) is 0 Å². The molecule has 0 aliphatic heterocycles. The van der Waals surface area contributed by atoms with Gasteiger partial charge in [0.1, 0.15) is 0 Å². The Hall–Kier alpha value is -2.11. The molecule has 0 fully saturated rings. The SMILES string of the molecule is CN(Cc1ccncc1)C(=O)NC(C)(C)CCC(=O)O. The molecule has 0 saturated heterocycles. The zero-order chi connectivity index (χ0) is 15.2. The number of pyridine rings is 1. The lowest BCUT2D eigenvalue weighted by atomic mass is 9.99. The summed E-state index contributed by atoms with van der Waals surface area (Å²) in [6.45, 7) is 4.10. The summed E-state index contributed by atoms with van der Waals surface area (Å²) in [5, 5.41) is 11.5. The highest BCUT2D eigenvalue weighted by atomic mass is 16.4. The summed E-state index contributed by atoms with van der Waals surface area (Å²) >= 11 is 0. The van der Waals surface area contributed by atoms with E-state index in [2.05, 4.69) is 10.3 Å². The van der Waals surface area contributed by atoms with E-state index in [4.69, 9.17) is 5.11 Å². The molecular weight excluding hydrogens is 258 g/mol. The molecule has 20 heavy (non-hydrogen) atoms. The van der Waals surface area contributed by atoms with Gasteiger partial charge in [-0.05, 0) is 38.0 Å². The van der Waals surface area contributed by atoms with Gasteiger partial charge >= 0.3 is 12.0 Å². The molecular formula is C14H21N3O3. The Bertz CT molecular complexity index is 460. The number of aliphatic carboxylic acids is 1. The Kier molecular flexibility index (Phi) is 5.49. The lowest BCUT2D eigenvalue weighted by Gasteiger charge is -2.29. The number of aromatic nitrogens is 1. The van der Waals surface area contributed by atoms with Gasteiger partial charge in [-0.25, -0.2) is 4.79 Å². The Morgan fingerprint density at radius 3 is 2.50 bits per heavy atom. The van der Waals surface area contributed by atoms with E-state index in [1.807, 2.05) is 26.0 Å². The summed E-state index contributed by atoms with van der Waals surface area (Å²) in [4.78, 5) is 28.1. The van der Waals surface area contributed by atoms with Crippen molar-refractivity contribution in [3.8, 4) is 0 Å². The first-order chi connectivity index (χ1) is 9.30. The highest BCUT2D eigenvalue weighted by Gasteiger charge is 2.23.